The molecule has 9 nitrogen and oxygen atoms in total. The number of para-hydroxylation sites is 1. The van der Waals surface area contributed by atoms with Gasteiger partial charge in [0.1, 0.15) is 18.1 Å². The molecule has 9 heteroatoms. The Labute approximate surface area is 238 Å². The van der Waals surface area contributed by atoms with E-state index in [2.05, 4.69) is 20.6 Å². The first-order valence-corrected chi connectivity index (χ1v) is 13.5. The predicted molar refractivity (Wildman–Crippen MR) is 158 cm³/mol. The number of pyridine rings is 1. The van der Waals surface area contributed by atoms with Crippen LogP contribution in [0.25, 0.3) is 21.9 Å². The fraction of sp³-hybridized carbons (Fsp3) is 0.250. The molecule has 2 amide bonds. The van der Waals surface area contributed by atoms with Gasteiger partial charge in [0.15, 0.2) is 5.78 Å². The van der Waals surface area contributed by atoms with Gasteiger partial charge in [-0.2, -0.15) is 0 Å². The topological polar surface area (TPSA) is 110 Å². The molecule has 5 rings (SSSR count). The number of fused-ring (bicyclic) bond motifs is 2. The van der Waals surface area contributed by atoms with E-state index in [1.165, 1.54) is 16.5 Å². The van der Waals surface area contributed by atoms with Gasteiger partial charge >= 0.3 is 0 Å². The molecule has 5 aromatic rings. The first-order chi connectivity index (χ1) is 19.7. The summed E-state index contributed by atoms with van der Waals surface area (Å²) in [6, 6.07) is 22.4. The minimum atomic E-state index is -1.05. The van der Waals surface area contributed by atoms with Crippen molar-refractivity contribution in [2.24, 2.45) is 0 Å². The third-order valence-corrected chi connectivity index (χ3v) is 7.30. The van der Waals surface area contributed by atoms with E-state index >= 15 is 0 Å². The van der Waals surface area contributed by atoms with Gasteiger partial charge in [0.2, 0.25) is 11.8 Å². The number of hydrogen-bond acceptors (Lipinski definition) is 6. The van der Waals surface area contributed by atoms with Crippen LogP contribution in [0, 0.1) is 0 Å². The molecule has 208 valence electrons. The fourth-order valence-electron chi connectivity index (χ4n) is 4.72. The van der Waals surface area contributed by atoms with Gasteiger partial charge in [0.05, 0.1) is 11.0 Å². The first kappa shape index (κ1) is 27.6. The minimum absolute atomic E-state index is 0.147. The molecule has 0 saturated heterocycles. The van der Waals surface area contributed by atoms with Crippen molar-refractivity contribution in [3.05, 3.63) is 96.2 Å². The average molecular weight is 549 g/mol. The second-order valence-corrected chi connectivity index (χ2v) is 10.7. The van der Waals surface area contributed by atoms with Crippen LogP contribution in [0.2, 0.25) is 0 Å². The lowest BCUT2D eigenvalue weighted by Gasteiger charge is -2.35. The van der Waals surface area contributed by atoms with Crippen LogP contribution >= 0.6 is 0 Å². The van der Waals surface area contributed by atoms with E-state index in [1.54, 1.807) is 30.5 Å². The third-order valence-electron chi connectivity index (χ3n) is 7.30. The molecule has 2 heterocycles. The van der Waals surface area contributed by atoms with Crippen molar-refractivity contribution in [1.29, 1.82) is 0 Å². The summed E-state index contributed by atoms with van der Waals surface area (Å²) in [5, 5.41) is 12.4. The summed E-state index contributed by atoms with van der Waals surface area (Å²) in [6.07, 6.45) is 2.40. The summed E-state index contributed by atoms with van der Waals surface area (Å²) in [5.74, 6) is -0.876. The van der Waals surface area contributed by atoms with E-state index in [0.29, 0.717) is 34.3 Å². The van der Waals surface area contributed by atoms with E-state index in [-0.39, 0.29) is 24.1 Å². The highest BCUT2D eigenvalue weighted by molar-refractivity contribution is 6.03. The Morgan fingerprint density at radius 1 is 0.951 bits per heavy atom. The molecular weight excluding hydrogens is 516 g/mol. The molecule has 1 atom stereocenters. The minimum Gasteiger partial charge on any atom is -0.349 e. The van der Waals surface area contributed by atoms with Crippen LogP contribution in [0.4, 0.5) is 5.69 Å². The van der Waals surface area contributed by atoms with E-state index in [9.17, 15) is 14.4 Å². The Bertz CT molecular complexity index is 1760. The fourth-order valence-corrected chi connectivity index (χ4v) is 4.72. The van der Waals surface area contributed by atoms with Crippen molar-refractivity contribution < 1.29 is 14.4 Å². The van der Waals surface area contributed by atoms with E-state index in [1.807, 2.05) is 75.4 Å². The highest BCUT2D eigenvalue weighted by atomic mass is 16.2. The van der Waals surface area contributed by atoms with E-state index in [4.69, 9.17) is 0 Å². The Balaban J connectivity index is 1.68. The summed E-state index contributed by atoms with van der Waals surface area (Å²) in [7, 11) is 0. The van der Waals surface area contributed by atoms with E-state index in [0.717, 1.165) is 10.9 Å². The van der Waals surface area contributed by atoms with Crippen LogP contribution in [-0.4, -0.2) is 43.1 Å². The monoisotopic (exact) mass is 548 g/mol. The molecule has 0 spiro atoms. The number of amides is 2. The number of benzene rings is 3. The third kappa shape index (κ3) is 5.84. The van der Waals surface area contributed by atoms with Crippen LogP contribution in [-0.2, 0) is 16.1 Å². The average Bonchev–Trinajstić information content (AvgIpc) is 3.37. The van der Waals surface area contributed by atoms with Crippen molar-refractivity contribution in [1.82, 2.24) is 25.3 Å². The van der Waals surface area contributed by atoms with Gasteiger partial charge in [0, 0.05) is 28.4 Å². The van der Waals surface area contributed by atoms with Crippen LogP contribution in [0.1, 0.15) is 56.1 Å². The van der Waals surface area contributed by atoms with Crippen LogP contribution < -0.4 is 10.2 Å². The van der Waals surface area contributed by atoms with E-state index < -0.39 is 11.6 Å². The van der Waals surface area contributed by atoms with Gasteiger partial charge in [-0.15, -0.1) is 5.10 Å². The molecule has 0 aliphatic rings. The molecule has 0 unspecified atom stereocenters. The summed E-state index contributed by atoms with van der Waals surface area (Å²) in [6.45, 7) is 7.18. The van der Waals surface area contributed by atoms with Crippen molar-refractivity contribution in [3.63, 3.8) is 0 Å². The SMILES string of the molecule is CCC(C)(C)NC(=O)[C@H](c1ccc2ncccc2c1)N(C(=O)Cn1nnc2ccccc21)c1cccc(C(C)=O)c1. The summed E-state index contributed by atoms with van der Waals surface area (Å²) in [5.41, 5.74) is 3.07. The maximum Gasteiger partial charge on any atom is 0.249 e. The Kier molecular flexibility index (Phi) is 7.61. The van der Waals surface area contributed by atoms with Crippen LogP contribution in [0.3, 0.4) is 0 Å². The molecular formula is C32H32N6O3. The van der Waals surface area contributed by atoms with Gasteiger partial charge in [-0.05, 0) is 75.2 Å². The normalized spacial score (nSPS) is 12.3. The number of carbonyl (C=O) groups excluding carboxylic acids is 3. The second kappa shape index (κ2) is 11.3. The van der Waals surface area contributed by atoms with Gasteiger partial charge in [-0.1, -0.05) is 48.5 Å². The maximum absolute atomic E-state index is 14.3. The first-order valence-electron chi connectivity index (χ1n) is 13.5. The Morgan fingerprint density at radius 2 is 1.76 bits per heavy atom. The number of nitrogens with zero attached hydrogens (tertiary/aromatic N) is 5. The lowest BCUT2D eigenvalue weighted by molar-refractivity contribution is -0.128. The van der Waals surface area contributed by atoms with Gasteiger partial charge in [0.25, 0.3) is 0 Å². The van der Waals surface area contributed by atoms with Crippen LogP contribution in [0.5, 0.6) is 0 Å². The molecule has 41 heavy (non-hydrogen) atoms. The molecule has 0 fully saturated rings. The zero-order valence-corrected chi connectivity index (χ0v) is 23.5. The van der Waals surface area contributed by atoms with Crippen LogP contribution in [0.15, 0.2) is 85.1 Å². The molecule has 0 bridgehead atoms. The smallest absolute Gasteiger partial charge is 0.249 e. The lowest BCUT2D eigenvalue weighted by Crippen LogP contribution is -2.51. The van der Waals surface area contributed by atoms with Gasteiger partial charge in [-0.3, -0.25) is 24.3 Å². The van der Waals surface area contributed by atoms with Crippen molar-refractivity contribution in [2.45, 2.75) is 52.2 Å². The number of ketones is 1. The predicted octanol–water partition coefficient (Wildman–Crippen LogP) is 5.26. The Hall–Kier alpha value is -4.92. The zero-order valence-electron chi connectivity index (χ0n) is 23.5. The quantitative estimate of drug-likeness (QED) is 0.252. The molecule has 0 radical (unpaired) electrons. The number of hydrogen-bond donors (Lipinski definition) is 1. The van der Waals surface area contributed by atoms with Crippen molar-refractivity contribution in [3.8, 4) is 0 Å². The molecule has 1 N–H and O–H groups in total. The standard InChI is InChI=1S/C32H32N6O3/c1-5-32(3,4)34-31(41)30(24-15-16-26-23(18-24)11-9-17-33-26)38(25-12-8-10-22(19-25)21(2)39)29(40)20-37-28-14-7-6-13-27(28)35-36-37/h6-19,30H,5,20H2,1-4H3,(H,34,41)/t30-/m0/s1. The number of carbonyl (C=O) groups is 3. The van der Waals surface area contributed by atoms with Crippen molar-refractivity contribution >= 4 is 45.2 Å². The van der Waals surface area contributed by atoms with Crippen molar-refractivity contribution in [2.75, 3.05) is 4.90 Å². The number of Topliss-reactive ketones (excluding diaryl/α,β-unsaturated/α-hetero) is 1. The lowest BCUT2D eigenvalue weighted by atomic mass is 9.97. The molecule has 0 saturated carbocycles. The summed E-state index contributed by atoms with van der Waals surface area (Å²) in [4.78, 5) is 46.7. The van der Waals surface area contributed by atoms with Gasteiger partial charge < -0.3 is 5.32 Å². The highest BCUT2D eigenvalue weighted by Crippen LogP contribution is 2.32. The summed E-state index contributed by atoms with van der Waals surface area (Å²) >= 11 is 0. The number of nitrogens with one attached hydrogen (secondary N) is 1. The highest BCUT2D eigenvalue weighted by Gasteiger charge is 2.35. The Morgan fingerprint density at radius 3 is 2.54 bits per heavy atom. The number of anilines is 1. The zero-order chi connectivity index (χ0) is 29.1. The second-order valence-electron chi connectivity index (χ2n) is 10.7. The molecule has 3 aromatic carbocycles. The maximum atomic E-state index is 14.3. The molecule has 0 aliphatic carbocycles. The number of aromatic nitrogens is 4. The largest absolute Gasteiger partial charge is 0.349 e. The van der Waals surface area contributed by atoms with Gasteiger partial charge in [-0.25, -0.2) is 4.68 Å². The molecule has 0 aliphatic heterocycles. The molecule has 2 aromatic heterocycles. The number of rotatable bonds is 9. The summed E-state index contributed by atoms with van der Waals surface area (Å²) < 4.78 is 1.52.